The minimum absolute atomic E-state index is 0.171. The first kappa shape index (κ1) is 9.98. The molecule has 4 nitrogen and oxygen atoms in total. The molecule has 1 aromatic carbocycles. The molecule has 0 unspecified atom stereocenters. The topological polar surface area (TPSA) is 61.3 Å². The van der Waals surface area contributed by atoms with E-state index in [-0.39, 0.29) is 6.10 Å². The fourth-order valence-corrected chi connectivity index (χ4v) is 1.29. The van der Waals surface area contributed by atoms with Gasteiger partial charge in [-0.2, -0.15) is 0 Å². The predicted octanol–water partition coefficient (Wildman–Crippen LogP) is 2.33. The second-order valence-corrected chi connectivity index (χ2v) is 3.69. The third kappa shape index (κ3) is 2.27. The predicted molar refractivity (Wildman–Crippen MR) is 58.3 cm³/mol. The molecule has 0 atom stereocenters. The zero-order chi connectivity index (χ0) is 10.8. The molecule has 0 spiro atoms. The van der Waals surface area contributed by atoms with Crippen molar-refractivity contribution in [2.75, 3.05) is 5.73 Å². The van der Waals surface area contributed by atoms with Gasteiger partial charge in [0, 0.05) is 11.8 Å². The molecule has 0 bridgehead atoms. The van der Waals surface area contributed by atoms with Gasteiger partial charge in [0.25, 0.3) is 0 Å². The van der Waals surface area contributed by atoms with Gasteiger partial charge in [0.1, 0.15) is 12.1 Å². The van der Waals surface area contributed by atoms with Crippen LogP contribution >= 0.6 is 0 Å². The highest BCUT2D eigenvalue weighted by Gasteiger charge is 2.06. The number of aromatic nitrogens is 1. The molecule has 15 heavy (non-hydrogen) atoms. The van der Waals surface area contributed by atoms with E-state index < -0.39 is 0 Å². The number of nitrogens with zero attached hydrogens (tertiary/aromatic N) is 1. The summed E-state index contributed by atoms with van der Waals surface area (Å²) in [7, 11) is 0. The van der Waals surface area contributed by atoms with Crippen molar-refractivity contribution in [1.29, 1.82) is 0 Å². The number of benzene rings is 1. The van der Waals surface area contributed by atoms with Gasteiger partial charge in [-0.1, -0.05) is 0 Å². The Labute approximate surface area is 88.0 Å². The lowest BCUT2D eigenvalue weighted by Crippen LogP contribution is -2.02. The molecule has 80 valence electrons. The third-order valence-electron chi connectivity index (χ3n) is 2.00. The first-order chi connectivity index (χ1) is 7.15. The molecule has 0 aliphatic rings. The van der Waals surface area contributed by atoms with E-state index in [1.807, 2.05) is 19.9 Å². The number of ether oxygens (including phenoxy) is 1. The number of nitrogens with two attached hydrogens (primary N) is 1. The maximum atomic E-state index is 5.64. The molecule has 0 radical (unpaired) electrons. The maximum absolute atomic E-state index is 5.64. The second-order valence-electron chi connectivity index (χ2n) is 3.69. The molecule has 1 heterocycles. The standard InChI is InChI=1S/C11H14N2O2/c1-7(2)14-6-11-13-9-4-3-8(12)5-10(9)15-11/h3-5,7H,6,12H2,1-2H3. The van der Waals surface area contributed by atoms with Crippen molar-refractivity contribution in [3.8, 4) is 0 Å². The SMILES string of the molecule is CC(C)OCc1nc2ccc(N)cc2o1. The van der Waals surface area contributed by atoms with Gasteiger partial charge in [-0.05, 0) is 26.0 Å². The molecule has 0 aliphatic carbocycles. The van der Waals surface area contributed by atoms with Crippen molar-refractivity contribution in [1.82, 2.24) is 4.98 Å². The van der Waals surface area contributed by atoms with Crippen molar-refractivity contribution < 1.29 is 9.15 Å². The summed E-state index contributed by atoms with van der Waals surface area (Å²) in [6.07, 6.45) is 0.171. The average molecular weight is 206 g/mol. The van der Waals surface area contributed by atoms with Gasteiger partial charge >= 0.3 is 0 Å². The van der Waals surface area contributed by atoms with Crippen LogP contribution in [0.2, 0.25) is 0 Å². The van der Waals surface area contributed by atoms with Crippen LogP contribution in [0, 0.1) is 0 Å². The second kappa shape index (κ2) is 3.90. The monoisotopic (exact) mass is 206 g/mol. The van der Waals surface area contributed by atoms with Gasteiger partial charge in [0.15, 0.2) is 5.58 Å². The molecule has 0 fully saturated rings. The highest BCUT2D eigenvalue weighted by atomic mass is 16.5. The van der Waals surface area contributed by atoms with Crippen molar-refractivity contribution in [2.45, 2.75) is 26.6 Å². The third-order valence-corrected chi connectivity index (χ3v) is 2.00. The van der Waals surface area contributed by atoms with E-state index in [0.717, 1.165) is 5.52 Å². The van der Waals surface area contributed by atoms with Crippen LogP contribution in [0.15, 0.2) is 22.6 Å². The van der Waals surface area contributed by atoms with Gasteiger partial charge in [0.05, 0.1) is 6.10 Å². The highest BCUT2D eigenvalue weighted by molar-refractivity contribution is 5.76. The van der Waals surface area contributed by atoms with Crippen LogP contribution in [0.5, 0.6) is 0 Å². The summed E-state index contributed by atoms with van der Waals surface area (Å²) in [6.45, 7) is 4.34. The van der Waals surface area contributed by atoms with Gasteiger partial charge < -0.3 is 14.9 Å². The number of hydrogen-bond acceptors (Lipinski definition) is 4. The van der Waals surface area contributed by atoms with E-state index in [1.54, 1.807) is 12.1 Å². The Morgan fingerprint density at radius 3 is 3.00 bits per heavy atom. The maximum Gasteiger partial charge on any atom is 0.221 e. The average Bonchev–Trinajstić information content (AvgIpc) is 2.56. The molecular formula is C11H14N2O2. The first-order valence-electron chi connectivity index (χ1n) is 4.91. The van der Waals surface area contributed by atoms with Crippen LogP contribution < -0.4 is 5.73 Å². The first-order valence-corrected chi connectivity index (χ1v) is 4.91. The van der Waals surface area contributed by atoms with Gasteiger partial charge in [0.2, 0.25) is 5.89 Å². The molecule has 4 heteroatoms. The summed E-state index contributed by atoms with van der Waals surface area (Å²) in [4.78, 5) is 4.28. The highest BCUT2D eigenvalue weighted by Crippen LogP contribution is 2.18. The van der Waals surface area contributed by atoms with Crippen molar-refractivity contribution in [3.05, 3.63) is 24.1 Å². The van der Waals surface area contributed by atoms with Crippen LogP contribution in [-0.4, -0.2) is 11.1 Å². The quantitative estimate of drug-likeness (QED) is 0.783. The lowest BCUT2D eigenvalue weighted by molar-refractivity contribution is 0.0526. The van der Waals surface area contributed by atoms with Crippen LogP contribution in [0.1, 0.15) is 19.7 Å². The number of oxazole rings is 1. The Hall–Kier alpha value is -1.55. The summed E-state index contributed by atoms with van der Waals surface area (Å²) < 4.78 is 10.9. The fraction of sp³-hybridized carbons (Fsp3) is 0.364. The smallest absolute Gasteiger partial charge is 0.221 e. The number of fused-ring (bicyclic) bond motifs is 1. The number of rotatable bonds is 3. The Bertz CT molecular complexity index is 463. The van der Waals surface area contributed by atoms with E-state index in [1.165, 1.54) is 0 Å². The summed E-state index contributed by atoms with van der Waals surface area (Å²) in [5.74, 6) is 0.587. The van der Waals surface area contributed by atoms with Crippen molar-refractivity contribution in [2.24, 2.45) is 0 Å². The lowest BCUT2D eigenvalue weighted by Gasteiger charge is -2.02. The van der Waals surface area contributed by atoms with Crippen LogP contribution in [0.3, 0.4) is 0 Å². The fourth-order valence-electron chi connectivity index (χ4n) is 1.29. The number of hydrogen-bond donors (Lipinski definition) is 1. The van der Waals surface area contributed by atoms with Gasteiger partial charge in [-0.15, -0.1) is 0 Å². The Morgan fingerprint density at radius 2 is 2.27 bits per heavy atom. The zero-order valence-electron chi connectivity index (χ0n) is 8.86. The molecule has 2 N–H and O–H groups in total. The Morgan fingerprint density at radius 1 is 1.47 bits per heavy atom. The van der Waals surface area contributed by atoms with Crippen LogP contribution in [0.25, 0.3) is 11.1 Å². The minimum atomic E-state index is 0.171. The summed E-state index contributed by atoms with van der Waals surface area (Å²) in [6, 6.07) is 5.41. The van der Waals surface area contributed by atoms with Gasteiger partial charge in [-0.25, -0.2) is 4.98 Å². The van der Waals surface area contributed by atoms with E-state index in [4.69, 9.17) is 14.9 Å². The van der Waals surface area contributed by atoms with Crippen LogP contribution in [-0.2, 0) is 11.3 Å². The summed E-state index contributed by atoms with van der Waals surface area (Å²) in [5.41, 5.74) is 7.83. The minimum Gasteiger partial charge on any atom is -0.438 e. The van der Waals surface area contributed by atoms with E-state index in [9.17, 15) is 0 Å². The Kier molecular flexibility index (Phi) is 2.60. The van der Waals surface area contributed by atoms with E-state index in [2.05, 4.69) is 4.98 Å². The number of anilines is 1. The largest absolute Gasteiger partial charge is 0.438 e. The molecular weight excluding hydrogens is 192 g/mol. The zero-order valence-corrected chi connectivity index (χ0v) is 8.86. The van der Waals surface area contributed by atoms with Crippen molar-refractivity contribution in [3.63, 3.8) is 0 Å². The van der Waals surface area contributed by atoms with E-state index >= 15 is 0 Å². The summed E-state index contributed by atoms with van der Waals surface area (Å²) in [5, 5.41) is 0. The Balaban J connectivity index is 2.23. The normalized spacial score (nSPS) is 11.4. The molecule has 0 amide bonds. The molecule has 2 aromatic rings. The lowest BCUT2D eigenvalue weighted by atomic mass is 10.3. The number of nitrogen functional groups attached to an aromatic ring is 1. The molecule has 0 saturated carbocycles. The molecule has 0 saturated heterocycles. The molecule has 1 aromatic heterocycles. The van der Waals surface area contributed by atoms with Crippen molar-refractivity contribution >= 4 is 16.8 Å². The molecule has 0 aliphatic heterocycles. The summed E-state index contributed by atoms with van der Waals surface area (Å²) >= 11 is 0. The molecule has 2 rings (SSSR count). The van der Waals surface area contributed by atoms with E-state index in [0.29, 0.717) is 23.8 Å². The van der Waals surface area contributed by atoms with Crippen LogP contribution in [0.4, 0.5) is 5.69 Å². The van der Waals surface area contributed by atoms with Gasteiger partial charge in [-0.3, -0.25) is 0 Å².